The minimum atomic E-state index is -0.552. The van der Waals surface area contributed by atoms with Crippen LogP contribution in [0.1, 0.15) is 87.5 Å². The number of rotatable bonds is 5. The third-order valence-electron chi connectivity index (χ3n) is 7.76. The van der Waals surface area contributed by atoms with Crippen LogP contribution in [0.2, 0.25) is 0 Å². The summed E-state index contributed by atoms with van der Waals surface area (Å²) < 4.78 is 6.03. The van der Waals surface area contributed by atoms with Crippen LogP contribution in [0.5, 0.6) is 0 Å². The fraction of sp³-hybridized carbons (Fsp3) is 0.382. The van der Waals surface area contributed by atoms with E-state index < -0.39 is 18.0 Å². The SMILES string of the molecule is Cc1oc2nc1C(=O)N[C@@H](C(C)C)c1nc(cs1)C(=O)NCCN(Cc1ccccc1)CCCC(=O)N[C@H]2Cc1ccccc1. The summed E-state index contributed by atoms with van der Waals surface area (Å²) in [6.07, 6.45) is 1.38. The van der Waals surface area contributed by atoms with Crippen molar-refractivity contribution in [3.63, 3.8) is 0 Å². The molecule has 0 saturated carbocycles. The van der Waals surface area contributed by atoms with E-state index >= 15 is 0 Å². The van der Waals surface area contributed by atoms with Gasteiger partial charge in [0.05, 0.1) is 6.04 Å². The zero-order chi connectivity index (χ0) is 31.8. The zero-order valence-electron chi connectivity index (χ0n) is 25.9. The third kappa shape index (κ3) is 8.64. The number of carbonyl (C=O) groups is 3. The minimum absolute atomic E-state index is 0.00258. The van der Waals surface area contributed by atoms with Crippen LogP contribution >= 0.6 is 11.3 Å². The molecule has 5 rings (SSSR count). The van der Waals surface area contributed by atoms with Crippen LogP contribution < -0.4 is 16.0 Å². The van der Waals surface area contributed by atoms with Crippen LogP contribution in [0, 0.1) is 12.8 Å². The lowest BCUT2D eigenvalue weighted by Gasteiger charge is -2.23. The van der Waals surface area contributed by atoms with E-state index in [-0.39, 0.29) is 29.3 Å². The highest BCUT2D eigenvalue weighted by molar-refractivity contribution is 7.09. The predicted octanol–water partition coefficient (Wildman–Crippen LogP) is 4.99. The summed E-state index contributed by atoms with van der Waals surface area (Å²) in [7, 11) is 0. The van der Waals surface area contributed by atoms with Crippen molar-refractivity contribution in [3.8, 4) is 0 Å². The first-order chi connectivity index (χ1) is 21.8. The molecule has 0 saturated heterocycles. The Bertz CT molecular complexity index is 1590. The van der Waals surface area contributed by atoms with Crippen molar-refractivity contribution in [1.29, 1.82) is 0 Å². The van der Waals surface area contributed by atoms with E-state index in [1.165, 1.54) is 11.3 Å². The number of hydrogen-bond acceptors (Lipinski definition) is 8. The van der Waals surface area contributed by atoms with Gasteiger partial charge in [0.15, 0.2) is 5.69 Å². The maximum atomic E-state index is 13.5. The summed E-state index contributed by atoms with van der Waals surface area (Å²) in [5.41, 5.74) is 2.64. The largest absolute Gasteiger partial charge is 0.443 e. The van der Waals surface area contributed by atoms with Crippen molar-refractivity contribution >= 4 is 29.1 Å². The van der Waals surface area contributed by atoms with Crippen molar-refractivity contribution in [2.45, 2.75) is 58.7 Å². The highest BCUT2D eigenvalue weighted by atomic mass is 32.1. The fourth-order valence-corrected chi connectivity index (χ4v) is 6.36. The van der Waals surface area contributed by atoms with Gasteiger partial charge >= 0.3 is 0 Å². The van der Waals surface area contributed by atoms with E-state index in [0.717, 1.165) is 11.1 Å². The average molecular weight is 629 g/mol. The molecule has 3 amide bonds. The Morgan fingerprint density at radius 1 is 0.933 bits per heavy atom. The molecule has 236 valence electrons. The molecule has 4 aromatic rings. The summed E-state index contributed by atoms with van der Waals surface area (Å²) in [5, 5.41) is 11.5. The molecule has 2 aromatic carbocycles. The van der Waals surface area contributed by atoms with Crippen LogP contribution in [-0.4, -0.2) is 52.2 Å². The Labute approximate surface area is 267 Å². The molecule has 3 N–H and O–H groups in total. The van der Waals surface area contributed by atoms with Gasteiger partial charge in [0.2, 0.25) is 11.8 Å². The minimum Gasteiger partial charge on any atom is -0.443 e. The Balaban J connectivity index is 1.43. The van der Waals surface area contributed by atoms with E-state index in [1.54, 1.807) is 12.3 Å². The van der Waals surface area contributed by atoms with Crippen LogP contribution in [0.3, 0.4) is 0 Å². The van der Waals surface area contributed by atoms with Crippen molar-refractivity contribution in [2.24, 2.45) is 5.92 Å². The maximum absolute atomic E-state index is 13.5. The molecule has 0 aliphatic carbocycles. The first kappa shape index (κ1) is 32.1. The molecule has 0 unspecified atom stereocenters. The van der Waals surface area contributed by atoms with Gasteiger partial charge in [-0.15, -0.1) is 11.3 Å². The summed E-state index contributed by atoms with van der Waals surface area (Å²) in [4.78, 5) is 51.2. The van der Waals surface area contributed by atoms with Gasteiger partial charge in [-0.1, -0.05) is 74.5 Å². The second kappa shape index (κ2) is 15.1. The molecule has 0 fully saturated rings. The molecule has 1 aliphatic rings. The van der Waals surface area contributed by atoms with E-state index in [0.29, 0.717) is 61.9 Å². The van der Waals surface area contributed by atoms with Crippen molar-refractivity contribution in [1.82, 2.24) is 30.8 Å². The van der Waals surface area contributed by atoms with Gasteiger partial charge in [-0.05, 0) is 36.9 Å². The highest BCUT2D eigenvalue weighted by Gasteiger charge is 2.29. The molecule has 1 aliphatic heterocycles. The Morgan fingerprint density at radius 2 is 1.64 bits per heavy atom. The lowest BCUT2D eigenvalue weighted by Crippen LogP contribution is -2.36. The molecule has 2 aromatic heterocycles. The second-order valence-corrected chi connectivity index (χ2v) is 12.5. The molecule has 0 radical (unpaired) electrons. The Morgan fingerprint density at radius 3 is 2.36 bits per heavy atom. The monoisotopic (exact) mass is 628 g/mol. The van der Waals surface area contributed by atoms with Gasteiger partial charge in [-0.2, -0.15) is 0 Å². The number of hydrogen-bond donors (Lipinski definition) is 3. The summed E-state index contributed by atoms with van der Waals surface area (Å²) >= 11 is 1.34. The first-order valence-electron chi connectivity index (χ1n) is 15.4. The summed E-state index contributed by atoms with van der Waals surface area (Å²) in [5.74, 6) is -0.152. The molecule has 10 nitrogen and oxygen atoms in total. The molecule has 3 heterocycles. The molecule has 11 heteroatoms. The molecule has 2 atom stereocenters. The Hall–Kier alpha value is -4.35. The van der Waals surface area contributed by atoms with E-state index in [2.05, 4.69) is 43.0 Å². The zero-order valence-corrected chi connectivity index (χ0v) is 26.7. The standard InChI is InChI=1S/C34H40N6O4S/c1-22(2)29-34-37-27(21-45-34)31(42)35-16-18-40(20-25-13-8-5-9-14-25)17-10-15-28(41)36-26(19-24-11-6-4-7-12-24)33-39-30(23(3)44-33)32(43)38-29/h4-9,11-14,21-22,26,29H,10,15-20H2,1-3H3,(H,35,42)(H,36,41)(H,38,43)/t26-,29-/m0/s1. The Kier molecular flexibility index (Phi) is 10.7. The van der Waals surface area contributed by atoms with E-state index in [4.69, 9.17) is 4.42 Å². The number of aromatic nitrogens is 2. The number of oxazole rings is 1. The van der Waals surface area contributed by atoms with Gasteiger partial charge in [-0.3, -0.25) is 19.3 Å². The molecule has 4 bridgehead atoms. The number of aryl methyl sites for hydroxylation is 1. The van der Waals surface area contributed by atoms with Crippen molar-refractivity contribution in [2.75, 3.05) is 19.6 Å². The van der Waals surface area contributed by atoms with Gasteiger partial charge in [0, 0.05) is 37.9 Å². The number of benzene rings is 2. The van der Waals surface area contributed by atoms with Crippen LogP contribution in [0.4, 0.5) is 0 Å². The van der Waals surface area contributed by atoms with E-state index in [9.17, 15) is 14.4 Å². The average Bonchev–Trinajstić information content (AvgIpc) is 3.67. The van der Waals surface area contributed by atoms with Crippen molar-refractivity contribution in [3.05, 3.63) is 105 Å². The molecule has 0 spiro atoms. The normalized spacial score (nSPS) is 19.1. The van der Waals surface area contributed by atoms with Crippen LogP contribution in [-0.2, 0) is 17.8 Å². The maximum Gasteiger partial charge on any atom is 0.274 e. The van der Waals surface area contributed by atoms with Gasteiger partial charge in [-0.25, -0.2) is 9.97 Å². The fourth-order valence-electron chi connectivity index (χ4n) is 5.34. The summed E-state index contributed by atoms with van der Waals surface area (Å²) in [6.45, 7) is 8.07. The van der Waals surface area contributed by atoms with E-state index in [1.807, 2.05) is 62.4 Å². The number of thiazole rings is 1. The topological polar surface area (TPSA) is 129 Å². The number of nitrogens with zero attached hydrogens (tertiary/aromatic N) is 3. The van der Waals surface area contributed by atoms with Crippen LogP contribution in [0.25, 0.3) is 0 Å². The highest BCUT2D eigenvalue weighted by Crippen LogP contribution is 2.27. The molecular weight excluding hydrogens is 588 g/mol. The van der Waals surface area contributed by atoms with Crippen molar-refractivity contribution < 1.29 is 18.8 Å². The first-order valence-corrected chi connectivity index (χ1v) is 16.3. The smallest absolute Gasteiger partial charge is 0.274 e. The second-order valence-electron chi connectivity index (χ2n) is 11.7. The molecule has 45 heavy (non-hydrogen) atoms. The number of nitrogens with one attached hydrogen (secondary N) is 3. The third-order valence-corrected chi connectivity index (χ3v) is 8.69. The quantitative estimate of drug-likeness (QED) is 0.284. The lowest BCUT2D eigenvalue weighted by molar-refractivity contribution is -0.122. The lowest BCUT2D eigenvalue weighted by atomic mass is 10.0. The van der Waals surface area contributed by atoms with Gasteiger partial charge in [0.1, 0.15) is 22.5 Å². The molecular formula is C34H40N6O4S. The number of amides is 3. The number of carbonyl (C=O) groups excluding carboxylic acids is 3. The predicted molar refractivity (Wildman–Crippen MR) is 173 cm³/mol. The van der Waals surface area contributed by atoms with Gasteiger partial charge in [0.25, 0.3) is 11.8 Å². The summed E-state index contributed by atoms with van der Waals surface area (Å²) in [6, 6.07) is 19.0. The van der Waals surface area contributed by atoms with Gasteiger partial charge < -0.3 is 20.4 Å². The van der Waals surface area contributed by atoms with Crippen LogP contribution in [0.15, 0.2) is 70.5 Å². The number of fused-ring (bicyclic) bond motifs is 4.